The molecular formula is C21H23N3O2. The zero-order valence-electron chi connectivity index (χ0n) is 15.8. The number of carbonyl (C=O) groups is 1. The van der Waals surface area contributed by atoms with E-state index in [2.05, 4.69) is 15.3 Å². The molecule has 0 unspecified atom stereocenters. The van der Waals surface area contributed by atoms with Gasteiger partial charge in [0.15, 0.2) is 0 Å². The van der Waals surface area contributed by atoms with Crippen molar-refractivity contribution in [2.75, 3.05) is 7.11 Å². The third-order valence-corrected chi connectivity index (χ3v) is 4.85. The average Bonchev–Trinajstić information content (AvgIpc) is 2.63. The Labute approximate surface area is 153 Å². The average molecular weight is 349 g/mol. The van der Waals surface area contributed by atoms with Gasteiger partial charge in [-0.05, 0) is 68.7 Å². The smallest absolute Gasteiger partial charge is 0.251 e. The van der Waals surface area contributed by atoms with E-state index in [0.29, 0.717) is 12.1 Å². The summed E-state index contributed by atoms with van der Waals surface area (Å²) < 4.78 is 5.33. The number of aryl methyl sites for hydroxylation is 2. The zero-order chi connectivity index (χ0) is 18.8. The van der Waals surface area contributed by atoms with Crippen molar-refractivity contribution in [3.8, 4) is 5.75 Å². The highest BCUT2D eigenvalue weighted by molar-refractivity contribution is 5.97. The van der Waals surface area contributed by atoms with Gasteiger partial charge in [0.2, 0.25) is 0 Å². The van der Waals surface area contributed by atoms with Crippen LogP contribution in [0.5, 0.6) is 5.75 Å². The van der Waals surface area contributed by atoms with Crippen LogP contribution in [0, 0.1) is 27.7 Å². The van der Waals surface area contributed by atoms with E-state index in [4.69, 9.17) is 4.74 Å². The summed E-state index contributed by atoms with van der Waals surface area (Å²) in [6.07, 6.45) is 0. The van der Waals surface area contributed by atoms with Crippen molar-refractivity contribution in [3.05, 3.63) is 64.0 Å². The highest BCUT2D eigenvalue weighted by atomic mass is 16.5. The number of amides is 1. The van der Waals surface area contributed by atoms with E-state index in [1.165, 1.54) is 0 Å². The maximum absolute atomic E-state index is 12.5. The topological polar surface area (TPSA) is 64.1 Å². The minimum absolute atomic E-state index is 0.125. The standard InChI is InChI=1S/C21H23N3O2/c1-12-13(2)20(26-5)9-7-17(12)11-22-21(25)16-6-8-18-19(10-16)24-15(4)14(3)23-18/h6-10H,11H2,1-5H3,(H,22,25). The lowest BCUT2D eigenvalue weighted by atomic mass is 10.0. The Kier molecular flexibility index (Phi) is 4.89. The van der Waals surface area contributed by atoms with Crippen molar-refractivity contribution in [2.45, 2.75) is 34.2 Å². The lowest BCUT2D eigenvalue weighted by molar-refractivity contribution is 0.0951. The van der Waals surface area contributed by atoms with E-state index in [1.807, 2.05) is 45.9 Å². The third kappa shape index (κ3) is 3.38. The fourth-order valence-electron chi connectivity index (χ4n) is 2.91. The first-order valence-electron chi connectivity index (χ1n) is 8.57. The van der Waals surface area contributed by atoms with Gasteiger partial charge in [0.1, 0.15) is 5.75 Å². The zero-order valence-corrected chi connectivity index (χ0v) is 15.8. The molecule has 0 spiro atoms. The molecular weight excluding hydrogens is 326 g/mol. The van der Waals surface area contributed by atoms with E-state index in [-0.39, 0.29) is 5.91 Å². The summed E-state index contributed by atoms with van der Waals surface area (Å²) in [5.41, 5.74) is 7.18. The fourth-order valence-corrected chi connectivity index (χ4v) is 2.91. The monoisotopic (exact) mass is 349 g/mol. The van der Waals surface area contributed by atoms with Crippen LogP contribution in [0.4, 0.5) is 0 Å². The second-order valence-electron chi connectivity index (χ2n) is 6.46. The van der Waals surface area contributed by atoms with E-state index in [1.54, 1.807) is 19.2 Å². The molecule has 1 heterocycles. The van der Waals surface area contributed by atoms with E-state index < -0.39 is 0 Å². The molecule has 0 saturated heterocycles. The Morgan fingerprint density at radius 3 is 2.35 bits per heavy atom. The SMILES string of the molecule is COc1ccc(CNC(=O)c2ccc3nc(C)c(C)nc3c2)c(C)c1C. The largest absolute Gasteiger partial charge is 0.496 e. The predicted octanol–water partition coefficient (Wildman–Crippen LogP) is 3.80. The summed E-state index contributed by atoms with van der Waals surface area (Å²) in [5.74, 6) is 0.733. The molecule has 3 rings (SSSR count). The van der Waals surface area contributed by atoms with Crippen molar-refractivity contribution in [1.82, 2.24) is 15.3 Å². The minimum atomic E-state index is -0.125. The van der Waals surface area contributed by atoms with E-state index in [0.717, 1.165) is 44.9 Å². The predicted molar refractivity (Wildman–Crippen MR) is 103 cm³/mol. The van der Waals surface area contributed by atoms with Gasteiger partial charge in [-0.25, -0.2) is 9.97 Å². The van der Waals surface area contributed by atoms with Crippen LogP contribution in [-0.2, 0) is 6.54 Å². The number of ether oxygens (including phenoxy) is 1. The number of nitrogens with one attached hydrogen (secondary N) is 1. The van der Waals surface area contributed by atoms with Crippen molar-refractivity contribution < 1.29 is 9.53 Å². The molecule has 3 aromatic rings. The van der Waals surface area contributed by atoms with Gasteiger partial charge in [0.25, 0.3) is 5.91 Å². The van der Waals surface area contributed by atoms with Crippen LogP contribution in [0.3, 0.4) is 0 Å². The molecule has 0 aliphatic carbocycles. The molecule has 0 bridgehead atoms. The summed E-state index contributed by atoms with van der Waals surface area (Å²) in [6.45, 7) is 8.37. The summed E-state index contributed by atoms with van der Waals surface area (Å²) in [6, 6.07) is 9.33. The van der Waals surface area contributed by atoms with Crippen molar-refractivity contribution >= 4 is 16.9 Å². The number of nitrogens with zero attached hydrogens (tertiary/aromatic N) is 2. The number of aromatic nitrogens is 2. The maximum atomic E-state index is 12.5. The minimum Gasteiger partial charge on any atom is -0.496 e. The summed E-state index contributed by atoms with van der Waals surface area (Å²) in [5, 5.41) is 2.98. The molecule has 1 N–H and O–H groups in total. The van der Waals surface area contributed by atoms with Crippen molar-refractivity contribution in [2.24, 2.45) is 0 Å². The molecule has 1 aromatic heterocycles. The van der Waals surface area contributed by atoms with E-state index >= 15 is 0 Å². The summed E-state index contributed by atoms with van der Waals surface area (Å²) in [7, 11) is 1.66. The van der Waals surface area contributed by atoms with Gasteiger partial charge in [-0.3, -0.25) is 4.79 Å². The second kappa shape index (κ2) is 7.12. The number of hydrogen-bond donors (Lipinski definition) is 1. The Morgan fingerprint density at radius 2 is 1.65 bits per heavy atom. The van der Waals surface area contributed by atoms with Gasteiger partial charge in [0.05, 0.1) is 29.5 Å². The highest BCUT2D eigenvalue weighted by Crippen LogP contribution is 2.24. The third-order valence-electron chi connectivity index (χ3n) is 4.85. The quantitative estimate of drug-likeness (QED) is 0.778. The number of carbonyl (C=O) groups excluding carboxylic acids is 1. The molecule has 0 saturated carbocycles. The summed E-state index contributed by atoms with van der Waals surface area (Å²) in [4.78, 5) is 21.6. The molecule has 0 aliphatic rings. The van der Waals surface area contributed by atoms with Gasteiger partial charge in [-0.15, -0.1) is 0 Å². The van der Waals surface area contributed by atoms with Gasteiger partial charge >= 0.3 is 0 Å². The first-order chi connectivity index (χ1) is 12.4. The number of rotatable bonds is 4. The Morgan fingerprint density at radius 1 is 0.962 bits per heavy atom. The number of hydrogen-bond acceptors (Lipinski definition) is 4. The molecule has 0 fully saturated rings. The van der Waals surface area contributed by atoms with Crippen LogP contribution in [0.2, 0.25) is 0 Å². The Balaban J connectivity index is 1.79. The number of benzene rings is 2. The molecule has 0 aliphatic heterocycles. The molecule has 134 valence electrons. The summed E-state index contributed by atoms with van der Waals surface area (Å²) >= 11 is 0. The van der Waals surface area contributed by atoms with Crippen LogP contribution in [0.15, 0.2) is 30.3 Å². The van der Waals surface area contributed by atoms with Crippen LogP contribution in [0.25, 0.3) is 11.0 Å². The molecule has 5 heteroatoms. The molecule has 1 amide bonds. The molecule has 26 heavy (non-hydrogen) atoms. The lowest BCUT2D eigenvalue weighted by Gasteiger charge is -2.13. The van der Waals surface area contributed by atoms with Gasteiger partial charge in [0, 0.05) is 12.1 Å². The van der Waals surface area contributed by atoms with Crippen molar-refractivity contribution in [3.63, 3.8) is 0 Å². The first kappa shape index (κ1) is 17.9. The number of methoxy groups -OCH3 is 1. The van der Waals surface area contributed by atoms with Crippen LogP contribution in [-0.4, -0.2) is 23.0 Å². The van der Waals surface area contributed by atoms with Gasteiger partial charge < -0.3 is 10.1 Å². The Bertz CT molecular complexity index is 996. The second-order valence-corrected chi connectivity index (χ2v) is 6.46. The van der Waals surface area contributed by atoms with Crippen LogP contribution < -0.4 is 10.1 Å². The molecule has 5 nitrogen and oxygen atoms in total. The Hall–Kier alpha value is -2.95. The fraction of sp³-hybridized carbons (Fsp3) is 0.286. The normalized spacial score (nSPS) is 10.8. The molecule has 0 radical (unpaired) electrons. The van der Waals surface area contributed by atoms with Gasteiger partial charge in [-0.2, -0.15) is 0 Å². The van der Waals surface area contributed by atoms with Gasteiger partial charge in [-0.1, -0.05) is 6.07 Å². The number of fused-ring (bicyclic) bond motifs is 1. The highest BCUT2D eigenvalue weighted by Gasteiger charge is 2.11. The maximum Gasteiger partial charge on any atom is 0.251 e. The van der Waals surface area contributed by atoms with E-state index in [9.17, 15) is 4.79 Å². The first-order valence-corrected chi connectivity index (χ1v) is 8.57. The lowest BCUT2D eigenvalue weighted by Crippen LogP contribution is -2.23. The van der Waals surface area contributed by atoms with Crippen molar-refractivity contribution in [1.29, 1.82) is 0 Å². The van der Waals surface area contributed by atoms with Crippen LogP contribution >= 0.6 is 0 Å². The molecule has 0 atom stereocenters. The van der Waals surface area contributed by atoms with Crippen LogP contribution in [0.1, 0.15) is 38.4 Å². The molecule has 2 aromatic carbocycles.